The molecule has 3 N–H and O–H groups in total. The van der Waals surface area contributed by atoms with Gasteiger partial charge in [-0.1, -0.05) is 29.3 Å². The second kappa shape index (κ2) is 9.13. The Bertz CT molecular complexity index is 1220. The molecule has 166 valence electrons. The molecule has 0 radical (unpaired) electrons. The fraction of sp³-hybridized carbons (Fsp3) is 0.143. The number of anilines is 2. The van der Waals surface area contributed by atoms with Gasteiger partial charge in [-0.2, -0.15) is 13.2 Å². The Balaban J connectivity index is 1.83. The van der Waals surface area contributed by atoms with Crippen molar-refractivity contribution in [3.63, 3.8) is 0 Å². The van der Waals surface area contributed by atoms with Gasteiger partial charge < -0.3 is 11.1 Å². The Labute approximate surface area is 190 Å². The number of nitrogens with zero attached hydrogens (tertiary/aromatic N) is 2. The smallest absolute Gasteiger partial charge is 0.382 e. The zero-order valence-electron chi connectivity index (χ0n) is 16.4. The highest BCUT2D eigenvalue weighted by molar-refractivity contribution is 6.35. The molecule has 0 aliphatic rings. The third kappa shape index (κ3) is 5.17. The summed E-state index contributed by atoms with van der Waals surface area (Å²) in [6, 6.07) is 7.65. The van der Waals surface area contributed by atoms with Crippen molar-refractivity contribution in [1.29, 1.82) is 0 Å². The van der Waals surface area contributed by atoms with Crippen molar-refractivity contribution in [2.45, 2.75) is 19.5 Å². The minimum atomic E-state index is -4.67. The lowest BCUT2D eigenvalue weighted by molar-refractivity contribution is -0.137. The first-order valence-electron chi connectivity index (χ1n) is 9.04. The zero-order chi connectivity index (χ0) is 23.6. The number of hydrogen-bond donors (Lipinski definition) is 2. The highest BCUT2D eigenvalue weighted by atomic mass is 35.5. The normalized spacial score (nSPS) is 11.3. The first-order chi connectivity index (χ1) is 15.0. The molecule has 2 aromatic carbocycles. The standard InChI is InChI=1S/C21H15Cl2F3N4O2/c1-10-2-3-11(6-12(10)7-16(31)18-17(23)19(27)29-9-28-18)20(32)30-13-4-5-15(22)14(8-13)21(24,25)26/h2-6,8-9H,7H2,1H3,(H,30,32)(H2,27,28,29). The largest absolute Gasteiger partial charge is 0.417 e. The van der Waals surface area contributed by atoms with Gasteiger partial charge in [0.15, 0.2) is 5.78 Å². The summed E-state index contributed by atoms with van der Waals surface area (Å²) in [5, 5.41) is 1.87. The first-order valence-corrected chi connectivity index (χ1v) is 9.79. The van der Waals surface area contributed by atoms with Gasteiger partial charge in [0.1, 0.15) is 22.9 Å². The van der Waals surface area contributed by atoms with Crippen molar-refractivity contribution in [2.75, 3.05) is 11.1 Å². The number of nitrogens with one attached hydrogen (secondary N) is 1. The second-order valence-electron chi connectivity index (χ2n) is 6.81. The van der Waals surface area contributed by atoms with Gasteiger partial charge in [0.05, 0.1) is 10.6 Å². The van der Waals surface area contributed by atoms with Crippen LogP contribution in [-0.4, -0.2) is 21.7 Å². The molecule has 11 heteroatoms. The maximum Gasteiger partial charge on any atom is 0.417 e. The van der Waals surface area contributed by atoms with Gasteiger partial charge in [-0.15, -0.1) is 0 Å². The predicted molar refractivity (Wildman–Crippen MR) is 115 cm³/mol. The quantitative estimate of drug-likeness (QED) is 0.476. The topological polar surface area (TPSA) is 98.0 Å². The van der Waals surface area contributed by atoms with E-state index in [4.69, 9.17) is 28.9 Å². The monoisotopic (exact) mass is 482 g/mol. The Morgan fingerprint density at radius 2 is 1.81 bits per heavy atom. The molecule has 0 bridgehead atoms. The summed E-state index contributed by atoms with van der Waals surface area (Å²) >= 11 is 11.6. The van der Waals surface area contributed by atoms with Gasteiger partial charge >= 0.3 is 6.18 Å². The first kappa shape index (κ1) is 23.5. The molecule has 1 amide bonds. The molecule has 1 aromatic heterocycles. The molecule has 1 heterocycles. The van der Waals surface area contributed by atoms with Crippen LogP contribution in [0.5, 0.6) is 0 Å². The van der Waals surface area contributed by atoms with Gasteiger partial charge in [0.25, 0.3) is 5.91 Å². The number of alkyl halides is 3. The molecule has 0 spiro atoms. The summed E-state index contributed by atoms with van der Waals surface area (Å²) < 4.78 is 39.1. The maximum absolute atomic E-state index is 13.0. The SMILES string of the molecule is Cc1ccc(C(=O)Nc2ccc(Cl)c(C(F)(F)F)c2)cc1CC(=O)c1ncnc(N)c1Cl. The Morgan fingerprint density at radius 1 is 1.09 bits per heavy atom. The number of rotatable bonds is 5. The van der Waals surface area contributed by atoms with Crippen molar-refractivity contribution in [2.24, 2.45) is 0 Å². The number of nitrogens with two attached hydrogens (primary N) is 1. The maximum atomic E-state index is 13.0. The van der Waals surface area contributed by atoms with E-state index in [1.54, 1.807) is 13.0 Å². The number of hydrogen-bond acceptors (Lipinski definition) is 5. The van der Waals surface area contributed by atoms with Gasteiger partial charge in [-0.3, -0.25) is 9.59 Å². The van der Waals surface area contributed by atoms with Crippen molar-refractivity contribution < 1.29 is 22.8 Å². The lowest BCUT2D eigenvalue weighted by atomic mass is 9.99. The fourth-order valence-electron chi connectivity index (χ4n) is 2.86. The number of amides is 1. The van der Waals surface area contributed by atoms with Crippen molar-refractivity contribution >= 4 is 46.4 Å². The molecule has 6 nitrogen and oxygen atoms in total. The third-order valence-electron chi connectivity index (χ3n) is 4.57. The number of Topliss-reactive ketones (excluding diaryl/α,β-unsaturated/α-hetero) is 1. The number of nitrogen functional groups attached to an aromatic ring is 1. The van der Waals surface area contributed by atoms with Crippen molar-refractivity contribution in [3.8, 4) is 0 Å². The molecular weight excluding hydrogens is 468 g/mol. The van der Waals surface area contributed by atoms with Gasteiger partial charge in [-0.05, 0) is 48.4 Å². The van der Waals surface area contributed by atoms with Gasteiger partial charge in [0.2, 0.25) is 0 Å². The number of carbonyl (C=O) groups excluding carboxylic acids is 2. The van der Waals surface area contributed by atoms with Crippen LogP contribution in [0.2, 0.25) is 10.0 Å². The van der Waals surface area contributed by atoms with Crippen LogP contribution in [0.25, 0.3) is 0 Å². The molecule has 0 aliphatic heterocycles. The van der Waals surface area contributed by atoms with Crippen molar-refractivity contribution in [3.05, 3.63) is 80.7 Å². The Morgan fingerprint density at radius 3 is 2.50 bits per heavy atom. The molecule has 0 fully saturated rings. The molecule has 3 rings (SSSR count). The minimum absolute atomic E-state index is 0.0314. The molecule has 3 aromatic rings. The molecule has 0 saturated carbocycles. The van der Waals surface area contributed by atoms with Crippen LogP contribution >= 0.6 is 23.2 Å². The van der Waals surface area contributed by atoms with Crippen LogP contribution in [0.4, 0.5) is 24.7 Å². The second-order valence-corrected chi connectivity index (χ2v) is 7.59. The summed E-state index contributed by atoms with van der Waals surface area (Å²) in [6.45, 7) is 1.75. The number of aromatic nitrogens is 2. The summed E-state index contributed by atoms with van der Waals surface area (Å²) in [4.78, 5) is 32.8. The zero-order valence-corrected chi connectivity index (χ0v) is 17.9. The van der Waals surface area contributed by atoms with E-state index >= 15 is 0 Å². The highest BCUT2D eigenvalue weighted by Crippen LogP contribution is 2.36. The van der Waals surface area contributed by atoms with Crippen molar-refractivity contribution in [1.82, 2.24) is 9.97 Å². The average Bonchev–Trinajstić information content (AvgIpc) is 2.72. The van der Waals surface area contributed by atoms with Gasteiger partial charge in [-0.25, -0.2) is 9.97 Å². The van der Waals surface area contributed by atoms with Crippen LogP contribution in [0.1, 0.15) is 37.5 Å². The third-order valence-corrected chi connectivity index (χ3v) is 5.27. The summed E-state index contributed by atoms with van der Waals surface area (Å²) in [6.07, 6.45) is -3.67. The summed E-state index contributed by atoms with van der Waals surface area (Å²) in [5.41, 5.74) is 5.80. The van der Waals surface area contributed by atoms with E-state index in [0.29, 0.717) is 5.56 Å². The van der Waals surface area contributed by atoms with Crippen LogP contribution in [-0.2, 0) is 12.6 Å². The summed E-state index contributed by atoms with van der Waals surface area (Å²) in [5.74, 6) is -1.12. The predicted octanol–water partition coefficient (Wildman–Crippen LogP) is 5.37. The minimum Gasteiger partial charge on any atom is -0.382 e. The highest BCUT2D eigenvalue weighted by Gasteiger charge is 2.33. The molecule has 0 aliphatic carbocycles. The van der Waals surface area contributed by atoms with E-state index in [-0.39, 0.29) is 34.2 Å². The number of carbonyl (C=O) groups is 2. The number of benzene rings is 2. The number of aryl methyl sites for hydroxylation is 1. The van der Waals surface area contributed by atoms with E-state index in [1.165, 1.54) is 18.2 Å². The van der Waals surface area contributed by atoms with Gasteiger partial charge in [0, 0.05) is 17.7 Å². The molecule has 32 heavy (non-hydrogen) atoms. The fourth-order valence-corrected chi connectivity index (χ4v) is 3.29. The van der Waals surface area contributed by atoms with Crippen LogP contribution in [0.3, 0.4) is 0 Å². The lowest BCUT2D eigenvalue weighted by Gasteiger charge is -2.13. The summed E-state index contributed by atoms with van der Waals surface area (Å²) in [7, 11) is 0. The molecule has 0 saturated heterocycles. The molecular formula is C21H15Cl2F3N4O2. The Kier molecular flexibility index (Phi) is 6.71. The number of ketones is 1. The van der Waals surface area contributed by atoms with E-state index < -0.39 is 28.5 Å². The van der Waals surface area contributed by atoms with E-state index in [9.17, 15) is 22.8 Å². The molecule has 0 unspecified atom stereocenters. The van der Waals surface area contributed by atoms with Crippen LogP contribution < -0.4 is 11.1 Å². The average molecular weight is 483 g/mol. The van der Waals surface area contributed by atoms with E-state index in [0.717, 1.165) is 24.0 Å². The van der Waals surface area contributed by atoms with Crippen LogP contribution in [0.15, 0.2) is 42.7 Å². The molecule has 0 atom stereocenters. The number of halogens is 5. The van der Waals surface area contributed by atoms with E-state index in [1.807, 2.05) is 0 Å². The Hall–Kier alpha value is -3.17. The lowest BCUT2D eigenvalue weighted by Crippen LogP contribution is -2.15. The van der Waals surface area contributed by atoms with E-state index in [2.05, 4.69) is 15.3 Å². The van der Waals surface area contributed by atoms with Crippen LogP contribution in [0, 0.1) is 6.92 Å².